The molecule has 0 bridgehead atoms. The summed E-state index contributed by atoms with van der Waals surface area (Å²) in [6.45, 7) is 1.45. The number of hydrogen-bond acceptors (Lipinski definition) is 4. The number of carbonyl (C=O) groups excluding carboxylic acids is 2. The summed E-state index contributed by atoms with van der Waals surface area (Å²) < 4.78 is 5.01. The van der Waals surface area contributed by atoms with Crippen LogP contribution in [0.4, 0.5) is 0 Å². The van der Waals surface area contributed by atoms with Gasteiger partial charge < -0.3 is 20.4 Å². The van der Waals surface area contributed by atoms with Gasteiger partial charge >= 0.3 is 0 Å². The van der Waals surface area contributed by atoms with Gasteiger partial charge in [0.2, 0.25) is 5.91 Å². The Hall–Kier alpha value is -2.31. The number of halogens is 1. The lowest BCUT2D eigenvalue weighted by molar-refractivity contribution is -0.130. The van der Waals surface area contributed by atoms with Gasteiger partial charge in [-0.2, -0.15) is 0 Å². The molecule has 0 unspecified atom stereocenters. The van der Waals surface area contributed by atoms with E-state index in [0.717, 1.165) is 5.56 Å². The van der Waals surface area contributed by atoms with E-state index in [1.165, 1.54) is 6.26 Å². The second-order valence-electron chi connectivity index (χ2n) is 5.96. The molecule has 0 aliphatic carbocycles. The quantitative estimate of drug-likeness (QED) is 0.847. The number of rotatable bonds is 5. The molecule has 1 aliphatic heterocycles. The highest BCUT2D eigenvalue weighted by atomic mass is 35.5. The van der Waals surface area contributed by atoms with Crippen molar-refractivity contribution in [3.8, 4) is 0 Å². The molecular formula is C18H22ClN3O3. The van der Waals surface area contributed by atoms with Gasteiger partial charge in [-0.25, -0.2) is 0 Å². The first-order valence-electron chi connectivity index (χ1n) is 8.05. The normalized spacial score (nSPS) is 19.3. The number of nitrogens with zero attached hydrogens (tertiary/aromatic N) is 1. The number of nitrogens with two attached hydrogens (primary N) is 1. The van der Waals surface area contributed by atoms with E-state index in [9.17, 15) is 9.59 Å². The molecule has 3 N–H and O–H groups in total. The molecule has 2 amide bonds. The molecule has 2 heterocycles. The highest BCUT2D eigenvalue weighted by molar-refractivity contribution is 5.91. The van der Waals surface area contributed by atoms with Crippen LogP contribution in [0.1, 0.15) is 28.5 Å². The van der Waals surface area contributed by atoms with Crippen molar-refractivity contribution in [1.29, 1.82) is 0 Å². The molecule has 1 aromatic heterocycles. The molecule has 2 aromatic rings. The molecule has 1 fully saturated rings. The second-order valence-corrected chi connectivity index (χ2v) is 5.96. The molecule has 0 saturated carbocycles. The van der Waals surface area contributed by atoms with Crippen LogP contribution in [-0.4, -0.2) is 42.4 Å². The van der Waals surface area contributed by atoms with Gasteiger partial charge in [-0.15, -0.1) is 12.4 Å². The predicted molar refractivity (Wildman–Crippen MR) is 96.6 cm³/mol. The van der Waals surface area contributed by atoms with Gasteiger partial charge in [-0.05, 0) is 17.7 Å². The van der Waals surface area contributed by atoms with E-state index in [1.54, 1.807) is 17.0 Å². The SMILES string of the molecule is Cl.N[C@@H]1CN(C(=O)CCNC(=O)c2ccco2)C[C@H]1c1ccccc1. The monoisotopic (exact) mass is 363 g/mol. The summed E-state index contributed by atoms with van der Waals surface area (Å²) in [4.78, 5) is 25.9. The molecule has 0 radical (unpaired) electrons. The van der Waals surface area contributed by atoms with E-state index in [4.69, 9.17) is 10.2 Å². The van der Waals surface area contributed by atoms with Gasteiger partial charge in [0.15, 0.2) is 5.76 Å². The molecule has 7 heteroatoms. The van der Waals surface area contributed by atoms with Crippen molar-refractivity contribution in [2.24, 2.45) is 5.73 Å². The topological polar surface area (TPSA) is 88.6 Å². The number of benzene rings is 1. The molecule has 1 aliphatic rings. The first-order valence-corrected chi connectivity index (χ1v) is 8.05. The van der Waals surface area contributed by atoms with Crippen LogP contribution in [0.3, 0.4) is 0 Å². The highest BCUT2D eigenvalue weighted by Crippen LogP contribution is 2.26. The fourth-order valence-electron chi connectivity index (χ4n) is 3.02. The molecule has 1 saturated heterocycles. The van der Waals surface area contributed by atoms with Gasteiger partial charge in [0, 0.05) is 38.0 Å². The van der Waals surface area contributed by atoms with Crippen LogP contribution >= 0.6 is 12.4 Å². The Bertz CT molecular complexity index is 691. The molecule has 3 rings (SSSR count). The van der Waals surface area contributed by atoms with Gasteiger partial charge in [0.05, 0.1) is 6.26 Å². The van der Waals surface area contributed by atoms with Crippen molar-refractivity contribution in [2.45, 2.75) is 18.4 Å². The van der Waals surface area contributed by atoms with E-state index >= 15 is 0 Å². The zero-order valence-electron chi connectivity index (χ0n) is 13.8. The molecule has 2 atom stereocenters. The van der Waals surface area contributed by atoms with E-state index in [2.05, 4.69) is 5.32 Å². The van der Waals surface area contributed by atoms with Gasteiger partial charge in [-0.3, -0.25) is 9.59 Å². The van der Waals surface area contributed by atoms with Crippen LogP contribution in [0.15, 0.2) is 53.1 Å². The third-order valence-corrected chi connectivity index (χ3v) is 4.31. The van der Waals surface area contributed by atoms with Crippen molar-refractivity contribution in [1.82, 2.24) is 10.2 Å². The van der Waals surface area contributed by atoms with Crippen molar-refractivity contribution in [2.75, 3.05) is 19.6 Å². The minimum absolute atomic E-state index is 0. The number of carbonyl (C=O) groups is 2. The Labute approximate surface area is 152 Å². The van der Waals surface area contributed by atoms with Crippen LogP contribution in [0.2, 0.25) is 0 Å². The van der Waals surface area contributed by atoms with Crippen LogP contribution in [0.5, 0.6) is 0 Å². The highest BCUT2D eigenvalue weighted by Gasteiger charge is 2.33. The maximum Gasteiger partial charge on any atom is 0.286 e. The Morgan fingerprint density at radius 3 is 2.60 bits per heavy atom. The largest absolute Gasteiger partial charge is 0.459 e. The summed E-state index contributed by atoms with van der Waals surface area (Å²) in [5.74, 6) is 0.0966. The van der Waals surface area contributed by atoms with Gasteiger partial charge in [0.1, 0.15) is 0 Å². The molecule has 134 valence electrons. The predicted octanol–water partition coefficient (Wildman–Crippen LogP) is 1.77. The van der Waals surface area contributed by atoms with Crippen molar-refractivity contribution in [3.63, 3.8) is 0 Å². The van der Waals surface area contributed by atoms with E-state index < -0.39 is 0 Å². The van der Waals surface area contributed by atoms with Crippen LogP contribution < -0.4 is 11.1 Å². The minimum atomic E-state index is -0.312. The van der Waals surface area contributed by atoms with Crippen molar-refractivity contribution in [3.05, 3.63) is 60.1 Å². The van der Waals surface area contributed by atoms with E-state index in [-0.39, 0.29) is 54.9 Å². The Morgan fingerprint density at radius 1 is 1.16 bits per heavy atom. The summed E-state index contributed by atoms with van der Waals surface area (Å²) in [6.07, 6.45) is 1.69. The lowest BCUT2D eigenvalue weighted by atomic mass is 9.95. The third kappa shape index (κ3) is 4.61. The summed E-state index contributed by atoms with van der Waals surface area (Å²) in [7, 11) is 0. The van der Waals surface area contributed by atoms with Gasteiger partial charge in [-0.1, -0.05) is 30.3 Å². The fraction of sp³-hybridized carbons (Fsp3) is 0.333. The van der Waals surface area contributed by atoms with Crippen LogP contribution in [0, 0.1) is 0 Å². The number of likely N-dealkylation sites (tertiary alicyclic amines) is 1. The zero-order valence-corrected chi connectivity index (χ0v) is 14.6. The summed E-state index contributed by atoms with van der Waals surface area (Å²) >= 11 is 0. The summed E-state index contributed by atoms with van der Waals surface area (Å²) in [6, 6.07) is 13.2. The third-order valence-electron chi connectivity index (χ3n) is 4.31. The standard InChI is InChI=1S/C18H21N3O3.ClH/c19-15-12-21(11-14(15)13-5-2-1-3-6-13)17(22)8-9-20-18(23)16-7-4-10-24-16;/h1-7,10,14-15H,8-9,11-12,19H2,(H,20,23);1H/t14-,15+;/m0./s1. The Balaban J connectivity index is 0.00000225. The first-order chi connectivity index (χ1) is 11.6. The summed E-state index contributed by atoms with van der Waals surface area (Å²) in [5.41, 5.74) is 7.36. The average molecular weight is 364 g/mol. The fourth-order valence-corrected chi connectivity index (χ4v) is 3.02. The molecule has 6 nitrogen and oxygen atoms in total. The Kier molecular flexibility index (Phi) is 6.61. The lowest BCUT2D eigenvalue weighted by Crippen LogP contribution is -2.34. The van der Waals surface area contributed by atoms with E-state index in [0.29, 0.717) is 13.1 Å². The Morgan fingerprint density at radius 2 is 1.92 bits per heavy atom. The second kappa shape index (κ2) is 8.69. The first kappa shape index (κ1) is 19.0. The smallest absolute Gasteiger partial charge is 0.286 e. The van der Waals surface area contributed by atoms with Crippen molar-refractivity contribution >= 4 is 24.2 Å². The zero-order chi connectivity index (χ0) is 16.9. The molecular weight excluding hydrogens is 342 g/mol. The van der Waals surface area contributed by atoms with Gasteiger partial charge in [0.25, 0.3) is 5.91 Å². The number of amides is 2. The minimum Gasteiger partial charge on any atom is -0.459 e. The molecule has 1 aromatic carbocycles. The van der Waals surface area contributed by atoms with Crippen LogP contribution in [-0.2, 0) is 4.79 Å². The summed E-state index contributed by atoms with van der Waals surface area (Å²) in [5, 5.41) is 2.68. The maximum absolute atomic E-state index is 12.3. The lowest BCUT2D eigenvalue weighted by Gasteiger charge is -2.16. The molecule has 25 heavy (non-hydrogen) atoms. The maximum atomic E-state index is 12.3. The average Bonchev–Trinajstić information content (AvgIpc) is 3.25. The van der Waals surface area contributed by atoms with Crippen molar-refractivity contribution < 1.29 is 14.0 Å². The molecule has 0 spiro atoms. The number of furan rings is 1. The number of nitrogens with one attached hydrogen (secondary N) is 1. The van der Waals surface area contributed by atoms with Crippen LogP contribution in [0.25, 0.3) is 0 Å². The number of hydrogen-bond donors (Lipinski definition) is 2. The van der Waals surface area contributed by atoms with E-state index in [1.807, 2.05) is 30.3 Å².